The smallest absolute Gasteiger partial charge is 0.211 e. The predicted octanol–water partition coefficient (Wildman–Crippen LogP) is 0.328. The number of ether oxygens (including phenoxy) is 4. The molecule has 0 aromatic heterocycles. The van der Waals surface area contributed by atoms with Gasteiger partial charge in [0.05, 0.1) is 40.2 Å². The summed E-state index contributed by atoms with van der Waals surface area (Å²) in [5.41, 5.74) is 10.9. The van der Waals surface area contributed by atoms with Gasteiger partial charge in [0.15, 0.2) is 11.5 Å². The first-order valence-corrected chi connectivity index (χ1v) is 5.57. The van der Waals surface area contributed by atoms with E-state index in [1.165, 1.54) is 34.7 Å². The Balaban J connectivity index is 3.46. The van der Waals surface area contributed by atoms with Gasteiger partial charge in [-0.2, -0.15) is 5.10 Å². The van der Waals surface area contributed by atoms with Crippen molar-refractivity contribution in [3.63, 3.8) is 0 Å². The summed E-state index contributed by atoms with van der Waals surface area (Å²) in [5, 5.41) is 7.27. The van der Waals surface area contributed by atoms with E-state index in [1.54, 1.807) is 6.07 Å². The number of hydrogen-bond acceptors (Lipinski definition) is 6. The van der Waals surface area contributed by atoms with Crippen LogP contribution in [0.4, 0.5) is 0 Å². The Hall–Kier alpha value is -2.64. The number of benzene rings is 1. The molecule has 20 heavy (non-hydrogen) atoms. The van der Waals surface area contributed by atoms with Gasteiger partial charge in [-0.05, 0) is 0 Å². The van der Waals surface area contributed by atoms with Crippen LogP contribution in [0.5, 0.6) is 23.0 Å². The van der Waals surface area contributed by atoms with Crippen molar-refractivity contribution < 1.29 is 18.9 Å². The molecule has 4 N–H and O–H groups in total. The normalized spacial score (nSPS) is 10.2. The zero-order valence-corrected chi connectivity index (χ0v) is 11.8. The molecule has 0 unspecified atom stereocenters. The van der Waals surface area contributed by atoms with Crippen LogP contribution in [0.3, 0.4) is 0 Å². The molecule has 0 spiro atoms. The lowest BCUT2D eigenvalue weighted by atomic mass is 10.1. The van der Waals surface area contributed by atoms with E-state index in [9.17, 15) is 0 Å². The van der Waals surface area contributed by atoms with Crippen LogP contribution in [0, 0.1) is 0 Å². The van der Waals surface area contributed by atoms with Crippen molar-refractivity contribution in [3.05, 3.63) is 11.6 Å². The predicted molar refractivity (Wildman–Crippen MR) is 76.1 cm³/mol. The third kappa shape index (κ3) is 3.22. The summed E-state index contributed by atoms with van der Waals surface area (Å²) in [4.78, 5) is 0. The SMILES string of the molecule is COc1cc(OC)c(OC)c(OC)c1C=NN=C(N)N. The minimum absolute atomic E-state index is 0.153. The van der Waals surface area contributed by atoms with E-state index in [-0.39, 0.29) is 5.96 Å². The summed E-state index contributed by atoms with van der Waals surface area (Å²) >= 11 is 0. The standard InChI is InChI=1S/C12H18N4O4/c1-17-8-5-9(18-2)11(20-4)10(19-3)7(8)6-15-16-12(13)14/h5-6H,1-4H3,(H4,13,14,16). The number of guanidine groups is 1. The van der Waals surface area contributed by atoms with Crippen LogP contribution in [0.1, 0.15) is 5.56 Å². The Kier molecular flexibility index (Phi) is 5.45. The molecule has 8 nitrogen and oxygen atoms in total. The molecule has 0 fully saturated rings. The Labute approximate surface area is 117 Å². The third-order valence-corrected chi connectivity index (χ3v) is 2.41. The molecule has 0 aliphatic rings. The lowest BCUT2D eigenvalue weighted by Crippen LogP contribution is -2.21. The molecule has 8 heteroatoms. The molecule has 0 aliphatic heterocycles. The maximum Gasteiger partial charge on any atom is 0.211 e. The van der Waals surface area contributed by atoms with Crippen LogP contribution in [-0.4, -0.2) is 40.6 Å². The first kappa shape index (κ1) is 15.4. The Morgan fingerprint density at radius 2 is 1.55 bits per heavy atom. The highest BCUT2D eigenvalue weighted by atomic mass is 16.5. The van der Waals surface area contributed by atoms with Gasteiger partial charge >= 0.3 is 0 Å². The maximum atomic E-state index is 5.32. The second kappa shape index (κ2) is 7.07. The second-order valence-electron chi connectivity index (χ2n) is 3.53. The molecule has 0 amide bonds. The molecule has 0 saturated heterocycles. The number of nitrogens with zero attached hydrogens (tertiary/aromatic N) is 2. The summed E-state index contributed by atoms with van der Waals surface area (Å²) in [6.07, 6.45) is 1.40. The maximum absolute atomic E-state index is 5.32. The molecule has 0 saturated carbocycles. The second-order valence-corrected chi connectivity index (χ2v) is 3.53. The summed E-state index contributed by atoms with van der Waals surface area (Å²) in [7, 11) is 6.03. The van der Waals surface area contributed by atoms with Crippen LogP contribution in [0.15, 0.2) is 16.3 Å². The number of methoxy groups -OCH3 is 4. The summed E-state index contributed by atoms with van der Waals surface area (Å²) in [6, 6.07) is 1.65. The molecule has 1 rings (SSSR count). The highest BCUT2D eigenvalue weighted by molar-refractivity contribution is 5.90. The van der Waals surface area contributed by atoms with Crippen LogP contribution in [0.25, 0.3) is 0 Å². The largest absolute Gasteiger partial charge is 0.496 e. The number of nitrogens with two attached hydrogens (primary N) is 2. The van der Waals surface area contributed by atoms with Crippen LogP contribution in [0.2, 0.25) is 0 Å². The van der Waals surface area contributed by atoms with Gasteiger partial charge < -0.3 is 30.4 Å². The molecule has 110 valence electrons. The van der Waals surface area contributed by atoms with Gasteiger partial charge in [-0.15, -0.1) is 5.10 Å². The molecule has 0 radical (unpaired) electrons. The lowest BCUT2D eigenvalue weighted by Gasteiger charge is -2.16. The summed E-state index contributed by atoms with van der Waals surface area (Å²) in [5.74, 6) is 1.62. The van der Waals surface area contributed by atoms with E-state index in [0.717, 1.165) is 0 Å². The zero-order chi connectivity index (χ0) is 15.1. The fourth-order valence-electron chi connectivity index (χ4n) is 1.60. The van der Waals surface area contributed by atoms with Crippen molar-refractivity contribution in [1.29, 1.82) is 0 Å². The molecule has 0 heterocycles. The topological polar surface area (TPSA) is 114 Å². The van der Waals surface area contributed by atoms with Gasteiger partial charge in [0.1, 0.15) is 5.75 Å². The molecule has 1 aromatic carbocycles. The molecule has 1 aromatic rings. The highest BCUT2D eigenvalue weighted by Crippen LogP contribution is 2.44. The minimum Gasteiger partial charge on any atom is -0.496 e. The van der Waals surface area contributed by atoms with Gasteiger partial charge in [0, 0.05) is 6.07 Å². The first-order chi connectivity index (χ1) is 9.58. The van der Waals surface area contributed by atoms with Gasteiger partial charge in [0.2, 0.25) is 11.7 Å². The van der Waals surface area contributed by atoms with E-state index in [0.29, 0.717) is 28.6 Å². The summed E-state index contributed by atoms with van der Waals surface area (Å²) < 4.78 is 21.1. The monoisotopic (exact) mass is 282 g/mol. The fourth-order valence-corrected chi connectivity index (χ4v) is 1.60. The third-order valence-electron chi connectivity index (χ3n) is 2.41. The van der Waals surface area contributed by atoms with Gasteiger partial charge in [-0.1, -0.05) is 0 Å². The number of hydrogen-bond donors (Lipinski definition) is 2. The average Bonchev–Trinajstić information content (AvgIpc) is 2.45. The highest BCUT2D eigenvalue weighted by Gasteiger charge is 2.20. The first-order valence-electron chi connectivity index (χ1n) is 5.57. The van der Waals surface area contributed by atoms with E-state index >= 15 is 0 Å². The van der Waals surface area contributed by atoms with Crippen LogP contribution in [-0.2, 0) is 0 Å². The molecule has 0 atom stereocenters. The average molecular weight is 282 g/mol. The zero-order valence-electron chi connectivity index (χ0n) is 11.8. The van der Waals surface area contributed by atoms with E-state index in [1.807, 2.05) is 0 Å². The lowest BCUT2D eigenvalue weighted by molar-refractivity contribution is 0.318. The van der Waals surface area contributed by atoms with Gasteiger partial charge in [-0.3, -0.25) is 0 Å². The Morgan fingerprint density at radius 3 is 2.00 bits per heavy atom. The Morgan fingerprint density at radius 1 is 0.950 bits per heavy atom. The molecule has 0 aliphatic carbocycles. The van der Waals surface area contributed by atoms with Crippen molar-refractivity contribution in [2.45, 2.75) is 0 Å². The van der Waals surface area contributed by atoms with Crippen molar-refractivity contribution >= 4 is 12.2 Å². The molecular weight excluding hydrogens is 264 g/mol. The van der Waals surface area contributed by atoms with Crippen molar-refractivity contribution in [1.82, 2.24) is 0 Å². The van der Waals surface area contributed by atoms with E-state index in [2.05, 4.69) is 10.2 Å². The van der Waals surface area contributed by atoms with Crippen molar-refractivity contribution in [2.75, 3.05) is 28.4 Å². The molecule has 0 bridgehead atoms. The van der Waals surface area contributed by atoms with Crippen molar-refractivity contribution in [2.24, 2.45) is 21.7 Å². The van der Waals surface area contributed by atoms with Gasteiger partial charge in [0.25, 0.3) is 0 Å². The van der Waals surface area contributed by atoms with E-state index < -0.39 is 0 Å². The van der Waals surface area contributed by atoms with Crippen LogP contribution < -0.4 is 30.4 Å². The Bertz CT molecular complexity index is 525. The number of rotatable bonds is 6. The van der Waals surface area contributed by atoms with Gasteiger partial charge in [-0.25, -0.2) is 0 Å². The summed E-state index contributed by atoms with van der Waals surface area (Å²) in [6.45, 7) is 0. The minimum atomic E-state index is -0.153. The fraction of sp³-hybridized carbons (Fsp3) is 0.333. The van der Waals surface area contributed by atoms with E-state index in [4.69, 9.17) is 30.4 Å². The van der Waals surface area contributed by atoms with Crippen LogP contribution >= 0.6 is 0 Å². The molecular formula is C12H18N4O4. The van der Waals surface area contributed by atoms with Crippen molar-refractivity contribution in [3.8, 4) is 23.0 Å². The quantitative estimate of drug-likeness (QED) is 0.441.